The maximum absolute atomic E-state index is 13.2. The van der Waals surface area contributed by atoms with Crippen LogP contribution in [0.1, 0.15) is 53.8 Å². The second kappa shape index (κ2) is 8.28. The van der Waals surface area contributed by atoms with Gasteiger partial charge >= 0.3 is 0 Å². The predicted octanol–water partition coefficient (Wildman–Crippen LogP) is 4.96. The molecular formula is C27H25NO5. The van der Waals surface area contributed by atoms with Crippen LogP contribution in [-0.2, 0) is 22.6 Å². The number of benzene rings is 2. The zero-order valence-corrected chi connectivity index (χ0v) is 18.6. The highest BCUT2D eigenvalue weighted by Gasteiger charge is 2.46. The number of Topliss-reactive ketones (excluding diaryl/α,β-unsaturated/α-hetero) is 1. The summed E-state index contributed by atoms with van der Waals surface area (Å²) in [5.41, 5.74) is 3.47. The van der Waals surface area contributed by atoms with Gasteiger partial charge < -0.3 is 19.2 Å². The van der Waals surface area contributed by atoms with Crippen molar-refractivity contribution in [1.82, 2.24) is 4.90 Å². The molecule has 33 heavy (non-hydrogen) atoms. The van der Waals surface area contributed by atoms with Crippen LogP contribution in [0.4, 0.5) is 0 Å². The average molecular weight is 443 g/mol. The van der Waals surface area contributed by atoms with E-state index in [1.165, 1.54) is 11.2 Å². The molecule has 1 N–H and O–H groups in total. The first-order chi connectivity index (χ1) is 15.9. The van der Waals surface area contributed by atoms with E-state index < -0.39 is 17.7 Å². The van der Waals surface area contributed by atoms with Crippen LogP contribution in [0.25, 0.3) is 5.76 Å². The molecule has 1 aromatic heterocycles. The minimum absolute atomic E-state index is 0.0859. The first-order valence-electron chi connectivity index (χ1n) is 11.1. The lowest BCUT2D eigenvalue weighted by Crippen LogP contribution is -2.29. The van der Waals surface area contributed by atoms with Crippen LogP contribution in [0.15, 0.2) is 70.9 Å². The van der Waals surface area contributed by atoms with E-state index in [-0.39, 0.29) is 17.9 Å². The van der Waals surface area contributed by atoms with Crippen molar-refractivity contribution in [3.8, 4) is 5.75 Å². The van der Waals surface area contributed by atoms with Gasteiger partial charge in [0.05, 0.1) is 31.0 Å². The summed E-state index contributed by atoms with van der Waals surface area (Å²) < 4.78 is 11.0. The van der Waals surface area contributed by atoms with Crippen LogP contribution in [0.5, 0.6) is 5.75 Å². The Morgan fingerprint density at radius 1 is 1.12 bits per heavy atom. The lowest BCUT2D eigenvalue weighted by atomic mass is 9.92. The van der Waals surface area contributed by atoms with Crippen molar-refractivity contribution in [2.45, 2.75) is 38.8 Å². The van der Waals surface area contributed by atoms with Gasteiger partial charge in [-0.05, 0) is 52.9 Å². The Morgan fingerprint density at radius 2 is 1.91 bits per heavy atom. The molecular weight excluding hydrogens is 418 g/mol. The molecule has 0 radical (unpaired) electrons. The number of ether oxygens (including phenoxy) is 1. The van der Waals surface area contributed by atoms with Crippen molar-refractivity contribution in [3.05, 3.63) is 94.4 Å². The molecule has 0 aliphatic carbocycles. The molecule has 2 aromatic carbocycles. The Labute approximate surface area is 192 Å². The summed E-state index contributed by atoms with van der Waals surface area (Å²) in [5.74, 6) is 0.162. The molecule has 0 saturated carbocycles. The number of hydrogen-bond acceptors (Lipinski definition) is 5. The van der Waals surface area contributed by atoms with Crippen LogP contribution < -0.4 is 4.74 Å². The molecule has 1 saturated heterocycles. The third-order valence-electron chi connectivity index (χ3n) is 6.33. The number of ketones is 1. The summed E-state index contributed by atoms with van der Waals surface area (Å²) in [6, 6.07) is 16.0. The van der Waals surface area contributed by atoms with Gasteiger partial charge in [-0.15, -0.1) is 0 Å². The smallest absolute Gasteiger partial charge is 0.296 e. The number of nitrogens with zero attached hydrogens (tertiary/aromatic N) is 1. The number of aliphatic hydroxyl groups excluding tert-OH is 1. The molecule has 168 valence electrons. The topological polar surface area (TPSA) is 80.0 Å². The van der Waals surface area contributed by atoms with Crippen LogP contribution in [0.2, 0.25) is 0 Å². The fraction of sp³-hybridized carbons (Fsp3) is 0.259. The lowest BCUT2D eigenvalue weighted by molar-refractivity contribution is -0.140. The number of amides is 1. The van der Waals surface area contributed by atoms with Gasteiger partial charge in [-0.25, -0.2) is 0 Å². The van der Waals surface area contributed by atoms with Gasteiger partial charge in [0.25, 0.3) is 11.7 Å². The monoisotopic (exact) mass is 443 g/mol. The van der Waals surface area contributed by atoms with Crippen LogP contribution in [0.3, 0.4) is 0 Å². The normalized spacial score (nSPS) is 19.2. The molecule has 3 aromatic rings. The van der Waals surface area contributed by atoms with Gasteiger partial charge in [0.15, 0.2) is 0 Å². The largest absolute Gasteiger partial charge is 0.507 e. The first-order valence-corrected chi connectivity index (χ1v) is 11.1. The van der Waals surface area contributed by atoms with Crippen molar-refractivity contribution < 1.29 is 23.8 Å². The minimum Gasteiger partial charge on any atom is -0.507 e. The number of carbonyl (C=O) groups is 2. The Balaban J connectivity index is 1.63. The Kier molecular flexibility index (Phi) is 5.29. The first kappa shape index (κ1) is 21.1. The number of rotatable bonds is 5. The summed E-state index contributed by atoms with van der Waals surface area (Å²) in [6.07, 6.45) is 2.27. The van der Waals surface area contributed by atoms with Crippen molar-refractivity contribution in [3.63, 3.8) is 0 Å². The van der Waals surface area contributed by atoms with Gasteiger partial charge in [-0.1, -0.05) is 38.1 Å². The van der Waals surface area contributed by atoms with E-state index in [0.717, 1.165) is 28.9 Å². The molecule has 1 fully saturated rings. The fourth-order valence-electron chi connectivity index (χ4n) is 4.51. The lowest BCUT2D eigenvalue weighted by Gasteiger charge is -2.25. The minimum atomic E-state index is -0.721. The molecule has 6 heteroatoms. The molecule has 1 amide bonds. The SMILES string of the molecule is CC(C)c1ccc(C2/C(=C(/O)c3ccc4c(c3)CCO4)C(=O)C(=O)N2Cc2ccco2)cc1. The number of furan rings is 1. The van der Waals surface area contributed by atoms with E-state index >= 15 is 0 Å². The molecule has 0 bridgehead atoms. The second-order valence-corrected chi connectivity index (χ2v) is 8.75. The number of fused-ring (bicyclic) bond motifs is 1. The van der Waals surface area contributed by atoms with Crippen molar-refractivity contribution in [1.29, 1.82) is 0 Å². The van der Waals surface area contributed by atoms with E-state index in [4.69, 9.17) is 9.15 Å². The van der Waals surface area contributed by atoms with Gasteiger partial charge in [-0.3, -0.25) is 9.59 Å². The summed E-state index contributed by atoms with van der Waals surface area (Å²) in [4.78, 5) is 27.7. The van der Waals surface area contributed by atoms with Crippen molar-refractivity contribution >= 4 is 17.4 Å². The Morgan fingerprint density at radius 3 is 2.61 bits per heavy atom. The van der Waals surface area contributed by atoms with E-state index in [0.29, 0.717) is 23.8 Å². The highest BCUT2D eigenvalue weighted by atomic mass is 16.5. The standard InChI is InChI=1S/C27H25NO5/c1-16(2)17-5-7-18(8-6-17)24-23(25(29)20-9-10-22-19(14-20)11-13-33-22)26(30)27(31)28(24)15-21-4-3-12-32-21/h3-10,12,14,16,24,29H,11,13,15H2,1-2H3/b25-23-. The van der Waals surface area contributed by atoms with Crippen molar-refractivity contribution in [2.75, 3.05) is 6.61 Å². The van der Waals surface area contributed by atoms with E-state index in [9.17, 15) is 14.7 Å². The van der Waals surface area contributed by atoms with Crippen LogP contribution in [-0.4, -0.2) is 28.3 Å². The number of carbonyl (C=O) groups excluding carboxylic acids is 2. The Bertz CT molecular complexity index is 1240. The zero-order chi connectivity index (χ0) is 23.1. The Hall–Kier alpha value is -3.80. The fourth-order valence-corrected chi connectivity index (χ4v) is 4.51. The van der Waals surface area contributed by atoms with E-state index in [1.807, 2.05) is 30.3 Å². The third-order valence-corrected chi connectivity index (χ3v) is 6.33. The van der Waals surface area contributed by atoms with Gasteiger partial charge in [0, 0.05) is 12.0 Å². The maximum atomic E-state index is 13.2. The number of hydrogen-bond donors (Lipinski definition) is 1. The van der Waals surface area contributed by atoms with Crippen LogP contribution >= 0.6 is 0 Å². The highest BCUT2D eigenvalue weighted by Crippen LogP contribution is 2.41. The zero-order valence-electron chi connectivity index (χ0n) is 18.6. The molecule has 2 aliphatic heterocycles. The molecule has 1 atom stereocenters. The highest BCUT2D eigenvalue weighted by molar-refractivity contribution is 6.46. The molecule has 3 heterocycles. The molecule has 1 unspecified atom stereocenters. The van der Waals surface area contributed by atoms with E-state index in [2.05, 4.69) is 13.8 Å². The second-order valence-electron chi connectivity index (χ2n) is 8.75. The summed E-state index contributed by atoms with van der Waals surface area (Å²) in [6.45, 7) is 4.93. The van der Waals surface area contributed by atoms with Gasteiger partial charge in [0.1, 0.15) is 17.3 Å². The van der Waals surface area contributed by atoms with Crippen molar-refractivity contribution in [2.24, 2.45) is 0 Å². The summed E-state index contributed by atoms with van der Waals surface area (Å²) >= 11 is 0. The summed E-state index contributed by atoms with van der Waals surface area (Å²) in [5, 5.41) is 11.3. The maximum Gasteiger partial charge on any atom is 0.296 e. The molecule has 2 aliphatic rings. The molecule has 0 spiro atoms. The van der Waals surface area contributed by atoms with Crippen LogP contribution in [0, 0.1) is 0 Å². The third kappa shape index (κ3) is 3.71. The number of likely N-dealkylation sites (tertiary alicyclic amines) is 1. The predicted molar refractivity (Wildman–Crippen MR) is 123 cm³/mol. The average Bonchev–Trinajstić information content (AvgIpc) is 3.55. The van der Waals surface area contributed by atoms with Gasteiger partial charge in [0.2, 0.25) is 0 Å². The quantitative estimate of drug-likeness (QED) is 0.343. The number of aliphatic hydroxyl groups is 1. The summed E-state index contributed by atoms with van der Waals surface area (Å²) in [7, 11) is 0. The molecule has 5 rings (SSSR count). The molecule has 6 nitrogen and oxygen atoms in total. The van der Waals surface area contributed by atoms with E-state index in [1.54, 1.807) is 24.3 Å². The van der Waals surface area contributed by atoms with Gasteiger partial charge in [-0.2, -0.15) is 0 Å².